The van der Waals surface area contributed by atoms with Gasteiger partial charge in [-0.05, 0) is 25.8 Å². The fourth-order valence-electron chi connectivity index (χ4n) is 3.28. The Morgan fingerprint density at radius 3 is 2.67 bits per heavy atom. The van der Waals surface area contributed by atoms with Gasteiger partial charge >= 0.3 is 0 Å². The molecule has 2 N–H and O–H groups in total. The van der Waals surface area contributed by atoms with E-state index in [0.29, 0.717) is 12.6 Å². The topological polar surface area (TPSA) is 52.5 Å². The number of hydrogen-bond donors (Lipinski definition) is 2. The molecular weight excluding hydrogens is 469 g/mol. The maximum atomic E-state index is 4.73. The molecule has 2 aromatic rings. The third kappa shape index (κ3) is 6.73. The molecular formula is C20H30IN5S. The van der Waals surface area contributed by atoms with Gasteiger partial charge in [-0.25, -0.2) is 4.98 Å². The molecule has 27 heavy (non-hydrogen) atoms. The predicted octanol–water partition coefficient (Wildman–Crippen LogP) is 3.97. The van der Waals surface area contributed by atoms with Crippen LogP contribution in [0, 0.1) is 0 Å². The first kappa shape index (κ1) is 22.1. The van der Waals surface area contributed by atoms with Crippen LogP contribution in [-0.2, 0) is 6.54 Å². The van der Waals surface area contributed by atoms with Crippen molar-refractivity contribution in [3.8, 4) is 10.6 Å². The van der Waals surface area contributed by atoms with Crippen molar-refractivity contribution in [3.63, 3.8) is 0 Å². The molecule has 0 atom stereocenters. The van der Waals surface area contributed by atoms with Crippen LogP contribution in [0.25, 0.3) is 10.6 Å². The highest BCUT2D eigenvalue weighted by atomic mass is 127. The Balaban J connectivity index is 0.00000261. The number of guanidine groups is 1. The molecule has 3 rings (SSSR count). The molecule has 0 saturated carbocycles. The highest BCUT2D eigenvalue weighted by Gasteiger charge is 2.19. The average Bonchev–Trinajstić information content (AvgIpc) is 3.16. The summed E-state index contributed by atoms with van der Waals surface area (Å²) in [4.78, 5) is 11.7. The standard InChI is InChI=1S/C20H29N5S.HI/c1-3-11-25-12-9-17(10-13-25)24-20(21-2)22-14-18-15-26-19(23-18)16-7-5-4-6-8-16;/h4-8,15,17H,3,9-14H2,1-2H3,(H2,21,22,24);1H. The van der Waals surface area contributed by atoms with Gasteiger partial charge in [0.2, 0.25) is 0 Å². The first-order valence-corrected chi connectivity index (χ1v) is 10.4. The number of thiazole rings is 1. The third-order valence-corrected chi connectivity index (χ3v) is 5.64. The van der Waals surface area contributed by atoms with Crippen LogP contribution in [0.3, 0.4) is 0 Å². The largest absolute Gasteiger partial charge is 0.354 e. The number of rotatable bonds is 6. The molecule has 1 fully saturated rings. The molecule has 1 aliphatic rings. The maximum absolute atomic E-state index is 4.73. The smallest absolute Gasteiger partial charge is 0.191 e. The van der Waals surface area contributed by atoms with Crippen molar-refractivity contribution in [3.05, 3.63) is 41.4 Å². The predicted molar refractivity (Wildman–Crippen MR) is 126 cm³/mol. The number of halogens is 1. The summed E-state index contributed by atoms with van der Waals surface area (Å²) in [6.07, 6.45) is 3.59. The Kier molecular flexibility index (Phi) is 9.50. The summed E-state index contributed by atoms with van der Waals surface area (Å²) in [5.74, 6) is 0.869. The van der Waals surface area contributed by atoms with E-state index in [9.17, 15) is 0 Å². The summed E-state index contributed by atoms with van der Waals surface area (Å²) in [5.41, 5.74) is 2.22. The van der Waals surface area contributed by atoms with Crippen LogP contribution < -0.4 is 10.6 Å². The monoisotopic (exact) mass is 499 g/mol. The normalized spacial score (nSPS) is 16.0. The van der Waals surface area contributed by atoms with Gasteiger partial charge in [0, 0.05) is 37.1 Å². The van der Waals surface area contributed by atoms with Crippen LogP contribution in [0.5, 0.6) is 0 Å². The van der Waals surface area contributed by atoms with E-state index in [-0.39, 0.29) is 24.0 Å². The minimum Gasteiger partial charge on any atom is -0.354 e. The van der Waals surface area contributed by atoms with Gasteiger partial charge < -0.3 is 15.5 Å². The van der Waals surface area contributed by atoms with E-state index in [1.807, 2.05) is 25.2 Å². The first-order valence-electron chi connectivity index (χ1n) is 9.48. The van der Waals surface area contributed by atoms with Gasteiger partial charge in [-0.3, -0.25) is 4.99 Å². The van der Waals surface area contributed by atoms with Gasteiger partial charge in [0.05, 0.1) is 12.2 Å². The fourth-order valence-corrected chi connectivity index (χ4v) is 4.11. The zero-order valence-corrected chi connectivity index (χ0v) is 19.3. The average molecular weight is 499 g/mol. The van der Waals surface area contributed by atoms with E-state index in [2.05, 4.69) is 45.0 Å². The summed E-state index contributed by atoms with van der Waals surface area (Å²) in [5, 5.41) is 10.1. The van der Waals surface area contributed by atoms with E-state index in [1.54, 1.807) is 11.3 Å². The van der Waals surface area contributed by atoms with E-state index in [4.69, 9.17) is 4.98 Å². The molecule has 0 amide bonds. The number of aliphatic imine (C=N–C) groups is 1. The number of likely N-dealkylation sites (tertiary alicyclic amines) is 1. The second kappa shape index (κ2) is 11.6. The lowest BCUT2D eigenvalue weighted by Crippen LogP contribution is -2.48. The SMILES string of the molecule is CCCN1CCC(NC(=NC)NCc2csc(-c3ccccc3)n2)CC1.I. The third-order valence-electron chi connectivity index (χ3n) is 4.70. The summed E-state index contributed by atoms with van der Waals surface area (Å²) in [7, 11) is 1.83. The number of benzene rings is 1. The lowest BCUT2D eigenvalue weighted by Gasteiger charge is -2.32. The highest BCUT2D eigenvalue weighted by molar-refractivity contribution is 14.0. The van der Waals surface area contributed by atoms with Gasteiger partial charge in [-0.2, -0.15) is 0 Å². The Hall–Kier alpha value is -1.19. The Labute approximate surface area is 183 Å². The van der Waals surface area contributed by atoms with E-state index < -0.39 is 0 Å². The minimum atomic E-state index is 0. The molecule has 1 aromatic carbocycles. The van der Waals surface area contributed by atoms with Crippen LogP contribution in [-0.4, -0.2) is 48.6 Å². The molecule has 2 heterocycles. The van der Waals surface area contributed by atoms with Crippen molar-refractivity contribution in [1.82, 2.24) is 20.5 Å². The molecule has 1 aromatic heterocycles. The van der Waals surface area contributed by atoms with Crippen molar-refractivity contribution in [2.75, 3.05) is 26.7 Å². The number of piperidine rings is 1. The molecule has 0 unspecified atom stereocenters. The molecule has 1 aliphatic heterocycles. The maximum Gasteiger partial charge on any atom is 0.191 e. The molecule has 7 heteroatoms. The van der Waals surface area contributed by atoms with E-state index in [0.717, 1.165) is 16.7 Å². The molecule has 5 nitrogen and oxygen atoms in total. The quantitative estimate of drug-likeness (QED) is 0.359. The van der Waals surface area contributed by atoms with Crippen molar-refractivity contribution in [1.29, 1.82) is 0 Å². The fraction of sp³-hybridized carbons (Fsp3) is 0.500. The zero-order valence-electron chi connectivity index (χ0n) is 16.1. The van der Waals surface area contributed by atoms with Crippen LogP contribution in [0.15, 0.2) is 40.7 Å². The zero-order chi connectivity index (χ0) is 18.2. The van der Waals surface area contributed by atoms with E-state index >= 15 is 0 Å². The molecule has 0 bridgehead atoms. The number of nitrogens with one attached hydrogen (secondary N) is 2. The lowest BCUT2D eigenvalue weighted by atomic mass is 10.1. The van der Waals surface area contributed by atoms with Crippen LogP contribution in [0.1, 0.15) is 31.9 Å². The first-order chi connectivity index (χ1) is 12.8. The Morgan fingerprint density at radius 1 is 1.26 bits per heavy atom. The van der Waals surface area contributed by atoms with Gasteiger partial charge in [0.25, 0.3) is 0 Å². The van der Waals surface area contributed by atoms with Gasteiger partial charge in [0.15, 0.2) is 5.96 Å². The van der Waals surface area contributed by atoms with E-state index in [1.165, 1.54) is 44.5 Å². The molecule has 0 radical (unpaired) electrons. The molecule has 0 spiro atoms. The van der Waals surface area contributed by atoms with Crippen LogP contribution in [0.2, 0.25) is 0 Å². The summed E-state index contributed by atoms with van der Waals surface area (Å²) in [6, 6.07) is 10.8. The Morgan fingerprint density at radius 2 is 2.00 bits per heavy atom. The number of hydrogen-bond acceptors (Lipinski definition) is 4. The van der Waals surface area contributed by atoms with Crippen molar-refractivity contribution in [2.45, 2.75) is 38.8 Å². The Bertz CT molecular complexity index is 695. The second-order valence-electron chi connectivity index (χ2n) is 6.70. The van der Waals surface area contributed by atoms with Gasteiger partial charge in [0.1, 0.15) is 5.01 Å². The summed E-state index contributed by atoms with van der Waals surface area (Å²) in [6.45, 7) is 6.51. The second-order valence-corrected chi connectivity index (χ2v) is 7.55. The van der Waals surface area contributed by atoms with Crippen molar-refractivity contribution in [2.24, 2.45) is 4.99 Å². The van der Waals surface area contributed by atoms with Crippen molar-refractivity contribution >= 4 is 41.3 Å². The summed E-state index contributed by atoms with van der Waals surface area (Å²) < 4.78 is 0. The molecule has 0 aliphatic carbocycles. The van der Waals surface area contributed by atoms with Crippen LogP contribution >= 0.6 is 35.3 Å². The lowest BCUT2D eigenvalue weighted by molar-refractivity contribution is 0.206. The minimum absolute atomic E-state index is 0. The van der Waals surface area contributed by atoms with Crippen molar-refractivity contribution < 1.29 is 0 Å². The number of nitrogens with zero attached hydrogens (tertiary/aromatic N) is 3. The van der Waals surface area contributed by atoms with Gasteiger partial charge in [-0.15, -0.1) is 35.3 Å². The van der Waals surface area contributed by atoms with Crippen LogP contribution in [0.4, 0.5) is 0 Å². The highest BCUT2D eigenvalue weighted by Crippen LogP contribution is 2.23. The van der Waals surface area contributed by atoms with Gasteiger partial charge in [-0.1, -0.05) is 37.3 Å². The molecule has 1 saturated heterocycles. The summed E-state index contributed by atoms with van der Waals surface area (Å²) >= 11 is 1.69. The number of aromatic nitrogens is 1. The molecule has 148 valence electrons.